The van der Waals surface area contributed by atoms with Crippen LogP contribution in [0.15, 0.2) is 24.3 Å². The minimum atomic E-state index is -0.410. The van der Waals surface area contributed by atoms with Crippen molar-refractivity contribution >= 4 is 11.6 Å². The SMILES string of the molecule is CCNC(=O)CN(CC)c1ccc([C@H](O)CC)cc1. The average molecular weight is 264 g/mol. The Labute approximate surface area is 115 Å². The summed E-state index contributed by atoms with van der Waals surface area (Å²) < 4.78 is 0. The molecule has 106 valence electrons. The van der Waals surface area contributed by atoms with Crippen LogP contribution in [-0.2, 0) is 4.79 Å². The monoisotopic (exact) mass is 264 g/mol. The first-order valence-electron chi connectivity index (χ1n) is 6.92. The van der Waals surface area contributed by atoms with Crippen LogP contribution in [0.5, 0.6) is 0 Å². The maximum absolute atomic E-state index is 11.6. The predicted molar refractivity (Wildman–Crippen MR) is 78.3 cm³/mol. The second-order valence-electron chi connectivity index (χ2n) is 4.48. The van der Waals surface area contributed by atoms with Gasteiger partial charge in [-0.15, -0.1) is 0 Å². The van der Waals surface area contributed by atoms with Crippen LogP contribution in [0.2, 0.25) is 0 Å². The number of likely N-dealkylation sites (N-methyl/N-ethyl adjacent to an activating group) is 2. The minimum Gasteiger partial charge on any atom is -0.388 e. The maximum atomic E-state index is 11.6. The second-order valence-corrected chi connectivity index (χ2v) is 4.48. The van der Waals surface area contributed by atoms with Crippen molar-refractivity contribution in [1.29, 1.82) is 0 Å². The molecule has 1 amide bonds. The van der Waals surface area contributed by atoms with Crippen LogP contribution in [0.1, 0.15) is 38.9 Å². The molecule has 0 heterocycles. The lowest BCUT2D eigenvalue weighted by Crippen LogP contribution is -2.37. The molecular weight excluding hydrogens is 240 g/mol. The highest BCUT2D eigenvalue weighted by Gasteiger charge is 2.10. The molecule has 0 radical (unpaired) electrons. The third-order valence-electron chi connectivity index (χ3n) is 3.12. The fraction of sp³-hybridized carbons (Fsp3) is 0.533. The Hall–Kier alpha value is -1.55. The molecule has 1 rings (SSSR count). The Morgan fingerprint density at radius 2 is 1.89 bits per heavy atom. The predicted octanol–water partition coefficient (Wildman–Crippen LogP) is 2.09. The Bertz CT molecular complexity index is 390. The number of nitrogens with zero attached hydrogens (tertiary/aromatic N) is 1. The zero-order valence-electron chi connectivity index (χ0n) is 12.0. The quantitative estimate of drug-likeness (QED) is 0.793. The molecule has 0 aromatic heterocycles. The van der Waals surface area contributed by atoms with E-state index in [1.54, 1.807) is 0 Å². The number of amides is 1. The number of carbonyl (C=O) groups is 1. The van der Waals surface area contributed by atoms with Gasteiger partial charge in [0.25, 0.3) is 0 Å². The molecule has 0 unspecified atom stereocenters. The van der Waals surface area contributed by atoms with Gasteiger partial charge in [-0.25, -0.2) is 0 Å². The van der Waals surface area contributed by atoms with Gasteiger partial charge in [0.15, 0.2) is 0 Å². The van der Waals surface area contributed by atoms with E-state index in [1.165, 1.54) is 0 Å². The molecule has 1 aromatic carbocycles. The van der Waals surface area contributed by atoms with Crippen molar-refractivity contribution in [1.82, 2.24) is 5.32 Å². The zero-order chi connectivity index (χ0) is 14.3. The lowest BCUT2D eigenvalue weighted by atomic mass is 10.1. The molecule has 0 bridgehead atoms. The van der Waals surface area contributed by atoms with Crippen LogP contribution in [0.4, 0.5) is 5.69 Å². The van der Waals surface area contributed by atoms with E-state index in [0.717, 1.165) is 17.8 Å². The normalized spacial score (nSPS) is 12.0. The average Bonchev–Trinajstić information content (AvgIpc) is 2.44. The van der Waals surface area contributed by atoms with E-state index in [4.69, 9.17) is 0 Å². The number of aliphatic hydroxyl groups excluding tert-OH is 1. The molecule has 0 saturated heterocycles. The van der Waals surface area contributed by atoms with E-state index in [1.807, 2.05) is 49.9 Å². The first-order chi connectivity index (χ1) is 9.12. The molecule has 0 aliphatic heterocycles. The molecule has 0 fully saturated rings. The van der Waals surface area contributed by atoms with Gasteiger partial charge in [-0.2, -0.15) is 0 Å². The third kappa shape index (κ3) is 4.56. The topological polar surface area (TPSA) is 52.6 Å². The third-order valence-corrected chi connectivity index (χ3v) is 3.12. The fourth-order valence-electron chi connectivity index (χ4n) is 1.96. The molecule has 1 aromatic rings. The summed E-state index contributed by atoms with van der Waals surface area (Å²) in [6.45, 7) is 7.67. The summed E-state index contributed by atoms with van der Waals surface area (Å²) in [6, 6.07) is 7.75. The van der Waals surface area contributed by atoms with Gasteiger partial charge >= 0.3 is 0 Å². The molecule has 2 N–H and O–H groups in total. The summed E-state index contributed by atoms with van der Waals surface area (Å²) in [4.78, 5) is 13.6. The lowest BCUT2D eigenvalue weighted by molar-refractivity contribution is -0.119. The summed E-state index contributed by atoms with van der Waals surface area (Å²) in [5, 5.41) is 12.6. The lowest BCUT2D eigenvalue weighted by Gasteiger charge is -2.23. The van der Waals surface area contributed by atoms with E-state index < -0.39 is 6.10 Å². The number of aliphatic hydroxyl groups is 1. The minimum absolute atomic E-state index is 0.0296. The first kappa shape index (κ1) is 15.5. The van der Waals surface area contributed by atoms with Gasteiger partial charge in [0.1, 0.15) is 0 Å². The van der Waals surface area contributed by atoms with Crippen molar-refractivity contribution in [2.45, 2.75) is 33.3 Å². The number of hydrogen-bond donors (Lipinski definition) is 2. The number of benzene rings is 1. The number of hydrogen-bond acceptors (Lipinski definition) is 3. The molecule has 0 spiro atoms. The van der Waals surface area contributed by atoms with Crippen molar-refractivity contribution in [2.24, 2.45) is 0 Å². The Morgan fingerprint density at radius 3 is 2.37 bits per heavy atom. The number of carbonyl (C=O) groups excluding carboxylic acids is 1. The Balaban J connectivity index is 2.73. The highest BCUT2D eigenvalue weighted by atomic mass is 16.3. The van der Waals surface area contributed by atoms with Crippen LogP contribution in [0.25, 0.3) is 0 Å². The van der Waals surface area contributed by atoms with E-state index in [9.17, 15) is 9.90 Å². The summed E-state index contributed by atoms with van der Waals surface area (Å²) in [5.74, 6) is 0.0296. The van der Waals surface area contributed by atoms with Gasteiger partial charge in [0.2, 0.25) is 5.91 Å². The summed E-state index contributed by atoms with van der Waals surface area (Å²) in [7, 11) is 0. The van der Waals surface area contributed by atoms with E-state index >= 15 is 0 Å². The van der Waals surface area contributed by atoms with Gasteiger partial charge in [0.05, 0.1) is 12.6 Å². The molecule has 4 heteroatoms. The van der Waals surface area contributed by atoms with Crippen LogP contribution < -0.4 is 10.2 Å². The maximum Gasteiger partial charge on any atom is 0.239 e. The van der Waals surface area contributed by atoms with E-state index in [0.29, 0.717) is 19.5 Å². The summed E-state index contributed by atoms with van der Waals surface area (Å²) in [6.07, 6.45) is 0.294. The Kier molecular flexibility index (Phi) is 6.36. The van der Waals surface area contributed by atoms with Crippen LogP contribution >= 0.6 is 0 Å². The highest BCUT2D eigenvalue weighted by molar-refractivity contribution is 5.81. The molecule has 4 nitrogen and oxygen atoms in total. The van der Waals surface area contributed by atoms with Crippen molar-refractivity contribution in [3.63, 3.8) is 0 Å². The molecule has 0 aliphatic rings. The zero-order valence-corrected chi connectivity index (χ0v) is 12.0. The number of rotatable bonds is 7. The second kappa shape index (κ2) is 7.79. The summed E-state index contributed by atoms with van der Waals surface area (Å²) >= 11 is 0. The van der Waals surface area contributed by atoms with Gasteiger partial charge in [-0.3, -0.25) is 4.79 Å². The van der Waals surface area contributed by atoms with Crippen LogP contribution in [-0.4, -0.2) is 30.6 Å². The molecule has 0 aliphatic carbocycles. The van der Waals surface area contributed by atoms with Crippen LogP contribution in [0, 0.1) is 0 Å². The van der Waals surface area contributed by atoms with E-state index in [2.05, 4.69) is 5.32 Å². The van der Waals surface area contributed by atoms with Crippen molar-refractivity contribution in [3.8, 4) is 0 Å². The summed E-state index contributed by atoms with van der Waals surface area (Å²) in [5.41, 5.74) is 1.92. The molecule has 19 heavy (non-hydrogen) atoms. The highest BCUT2D eigenvalue weighted by Crippen LogP contribution is 2.20. The standard InChI is InChI=1S/C15H24N2O2/c1-4-14(18)12-7-9-13(10-8-12)17(6-3)11-15(19)16-5-2/h7-10,14,18H,4-6,11H2,1-3H3,(H,16,19)/t14-/m1/s1. The number of nitrogens with one attached hydrogen (secondary N) is 1. The van der Waals surface area contributed by atoms with Crippen LogP contribution in [0.3, 0.4) is 0 Å². The van der Waals surface area contributed by atoms with Gasteiger partial charge in [-0.05, 0) is 38.0 Å². The van der Waals surface area contributed by atoms with Gasteiger partial charge in [-0.1, -0.05) is 19.1 Å². The fourth-order valence-corrected chi connectivity index (χ4v) is 1.96. The smallest absolute Gasteiger partial charge is 0.239 e. The van der Waals surface area contributed by atoms with Gasteiger partial charge < -0.3 is 15.3 Å². The Morgan fingerprint density at radius 1 is 1.26 bits per heavy atom. The molecule has 0 saturated carbocycles. The molecule has 1 atom stereocenters. The van der Waals surface area contributed by atoms with Crippen molar-refractivity contribution < 1.29 is 9.90 Å². The first-order valence-corrected chi connectivity index (χ1v) is 6.92. The number of anilines is 1. The van der Waals surface area contributed by atoms with E-state index in [-0.39, 0.29) is 5.91 Å². The van der Waals surface area contributed by atoms with Gasteiger partial charge in [0, 0.05) is 18.8 Å². The largest absolute Gasteiger partial charge is 0.388 e. The van der Waals surface area contributed by atoms with Crippen molar-refractivity contribution in [2.75, 3.05) is 24.5 Å². The van der Waals surface area contributed by atoms with Crippen molar-refractivity contribution in [3.05, 3.63) is 29.8 Å². The molecular formula is C15H24N2O2.